The number of Topliss-reactive ketones (excluding diaryl/α,β-unsaturated/α-hetero) is 1. The van der Waals surface area contributed by atoms with Crippen molar-refractivity contribution in [1.29, 1.82) is 0 Å². The SMILES string of the molecule is CCN(CCCC(C)C1=C(C)CC(/C=C2\C(=O)Cc3ccc(F)cc32)=C1C)CC[Si](C)(C)O. The molecular weight excluding hydrogens is 429 g/mol. The lowest BCUT2D eigenvalue weighted by atomic mass is 9.90. The predicted octanol–water partition coefficient (Wildman–Crippen LogP) is 6.31. The molecule has 1 aromatic carbocycles. The van der Waals surface area contributed by atoms with Crippen LogP contribution in [0.4, 0.5) is 4.39 Å². The second kappa shape index (κ2) is 10.6. The number of carbonyl (C=O) groups is 1. The Kier molecular flexibility index (Phi) is 8.30. The third kappa shape index (κ3) is 6.40. The van der Waals surface area contributed by atoms with Crippen molar-refractivity contribution in [2.45, 2.75) is 72.5 Å². The van der Waals surface area contributed by atoms with Gasteiger partial charge in [0.15, 0.2) is 14.1 Å². The van der Waals surface area contributed by atoms with Crippen molar-refractivity contribution in [3.63, 3.8) is 0 Å². The molecule has 0 spiro atoms. The number of rotatable bonds is 10. The molecule has 1 N–H and O–H groups in total. The molecule has 0 fully saturated rings. The summed E-state index contributed by atoms with van der Waals surface area (Å²) < 4.78 is 13.8. The predicted molar refractivity (Wildman–Crippen MR) is 138 cm³/mol. The lowest BCUT2D eigenvalue weighted by Gasteiger charge is -2.24. The van der Waals surface area contributed by atoms with Crippen LogP contribution >= 0.6 is 0 Å². The van der Waals surface area contributed by atoms with Gasteiger partial charge in [0, 0.05) is 12.0 Å². The minimum Gasteiger partial charge on any atom is -0.432 e. The van der Waals surface area contributed by atoms with E-state index in [9.17, 15) is 14.0 Å². The van der Waals surface area contributed by atoms with Crippen LogP contribution in [0.5, 0.6) is 0 Å². The van der Waals surface area contributed by atoms with E-state index in [0.29, 0.717) is 17.9 Å². The number of nitrogens with zero attached hydrogens (tertiary/aromatic N) is 1. The number of halogens is 1. The Morgan fingerprint density at radius 3 is 2.61 bits per heavy atom. The zero-order chi connectivity index (χ0) is 24.3. The molecule has 1 atom stereocenters. The van der Waals surface area contributed by atoms with Crippen molar-refractivity contribution in [1.82, 2.24) is 4.90 Å². The molecule has 1 unspecified atom stereocenters. The topological polar surface area (TPSA) is 40.5 Å². The number of ketones is 1. The van der Waals surface area contributed by atoms with Crippen molar-refractivity contribution in [2.24, 2.45) is 5.92 Å². The highest BCUT2D eigenvalue weighted by Gasteiger charge is 2.28. The van der Waals surface area contributed by atoms with Gasteiger partial charge < -0.3 is 9.70 Å². The van der Waals surface area contributed by atoms with Gasteiger partial charge in [0.2, 0.25) is 0 Å². The standard InChI is InChI=1S/C28H40FNO2Si/c1-7-30(13-14-33(5,6)32)12-8-9-19(2)28-20(3)15-23(21(28)4)16-26-25-18-24(29)11-10-22(25)17-27(26)31/h10-11,16,18-19,32H,7-9,12-15,17H2,1-6H3/b26-16-. The second-order valence-corrected chi connectivity index (χ2v) is 14.6. The Hall–Kier alpha value is -1.82. The fourth-order valence-corrected chi connectivity index (χ4v) is 6.15. The summed E-state index contributed by atoms with van der Waals surface area (Å²) in [4.78, 5) is 25.2. The average molecular weight is 470 g/mol. The van der Waals surface area contributed by atoms with E-state index in [-0.39, 0.29) is 11.6 Å². The molecule has 1 aromatic rings. The summed E-state index contributed by atoms with van der Waals surface area (Å²) in [5.41, 5.74) is 7.64. The van der Waals surface area contributed by atoms with E-state index in [0.717, 1.165) is 56.1 Å². The van der Waals surface area contributed by atoms with Gasteiger partial charge in [0.05, 0.1) is 0 Å². The van der Waals surface area contributed by atoms with Crippen molar-refractivity contribution in [3.05, 3.63) is 63.5 Å². The number of carbonyl (C=O) groups excluding carboxylic acids is 1. The van der Waals surface area contributed by atoms with Crippen molar-refractivity contribution in [3.8, 4) is 0 Å². The van der Waals surface area contributed by atoms with Crippen molar-refractivity contribution >= 4 is 19.7 Å². The minimum absolute atomic E-state index is 0.0869. The van der Waals surface area contributed by atoms with Gasteiger partial charge in [-0.2, -0.15) is 0 Å². The molecule has 0 radical (unpaired) electrons. The van der Waals surface area contributed by atoms with Crippen LogP contribution in [-0.2, 0) is 11.2 Å². The Morgan fingerprint density at radius 1 is 1.21 bits per heavy atom. The molecule has 180 valence electrons. The van der Waals surface area contributed by atoms with Gasteiger partial charge in [-0.25, -0.2) is 4.39 Å². The molecule has 2 aliphatic carbocycles. The number of fused-ring (bicyclic) bond motifs is 1. The summed E-state index contributed by atoms with van der Waals surface area (Å²) in [6.07, 6.45) is 5.51. The van der Waals surface area contributed by atoms with E-state index < -0.39 is 8.32 Å². The molecule has 0 saturated carbocycles. The van der Waals surface area contributed by atoms with Crippen molar-refractivity contribution in [2.75, 3.05) is 19.6 Å². The van der Waals surface area contributed by atoms with Crippen LogP contribution in [0.15, 0.2) is 46.6 Å². The van der Waals surface area contributed by atoms with Crippen LogP contribution in [0.3, 0.4) is 0 Å². The third-order valence-corrected chi connectivity index (χ3v) is 8.67. The van der Waals surface area contributed by atoms with E-state index >= 15 is 0 Å². The average Bonchev–Trinajstić information content (AvgIpc) is 3.19. The molecule has 33 heavy (non-hydrogen) atoms. The summed E-state index contributed by atoms with van der Waals surface area (Å²) in [5, 5.41) is 0. The van der Waals surface area contributed by atoms with Gasteiger partial charge in [-0.05, 0) is 124 Å². The summed E-state index contributed by atoms with van der Waals surface area (Å²) in [5.74, 6) is 0.261. The molecule has 0 heterocycles. The molecule has 0 aromatic heterocycles. The van der Waals surface area contributed by atoms with Crippen LogP contribution in [0.25, 0.3) is 5.57 Å². The first-order chi connectivity index (χ1) is 15.5. The van der Waals surface area contributed by atoms with Gasteiger partial charge in [0.1, 0.15) is 5.82 Å². The quantitative estimate of drug-likeness (QED) is 0.323. The highest BCUT2D eigenvalue weighted by Crippen LogP contribution is 2.41. The summed E-state index contributed by atoms with van der Waals surface area (Å²) in [6.45, 7) is 16.0. The van der Waals surface area contributed by atoms with Gasteiger partial charge in [-0.1, -0.05) is 25.5 Å². The van der Waals surface area contributed by atoms with E-state index in [4.69, 9.17) is 0 Å². The summed E-state index contributed by atoms with van der Waals surface area (Å²) in [7, 11) is -2.00. The zero-order valence-corrected chi connectivity index (χ0v) is 22.2. The highest BCUT2D eigenvalue weighted by molar-refractivity contribution is 6.69. The maximum atomic E-state index is 13.8. The number of hydrogen-bond acceptors (Lipinski definition) is 3. The smallest absolute Gasteiger partial charge is 0.183 e. The molecule has 3 rings (SSSR count). The number of hydrogen-bond donors (Lipinski definition) is 1. The molecule has 0 bridgehead atoms. The molecular formula is C28H40FNO2Si. The van der Waals surface area contributed by atoms with E-state index in [2.05, 4.69) is 32.6 Å². The lowest BCUT2D eigenvalue weighted by Crippen LogP contribution is -2.34. The molecule has 5 heteroatoms. The monoisotopic (exact) mass is 469 g/mol. The fraction of sp³-hybridized carbons (Fsp3) is 0.536. The van der Waals surface area contributed by atoms with Crippen LogP contribution < -0.4 is 0 Å². The van der Waals surface area contributed by atoms with Gasteiger partial charge >= 0.3 is 0 Å². The van der Waals surface area contributed by atoms with E-state index in [1.165, 1.54) is 34.4 Å². The maximum absolute atomic E-state index is 13.8. The third-order valence-electron chi connectivity index (χ3n) is 7.22. The van der Waals surface area contributed by atoms with Crippen LogP contribution in [0.2, 0.25) is 19.1 Å². The summed E-state index contributed by atoms with van der Waals surface area (Å²) in [6, 6.07) is 5.60. The van der Waals surface area contributed by atoms with Crippen molar-refractivity contribution < 1.29 is 14.0 Å². The first-order valence-corrected chi connectivity index (χ1v) is 15.5. The number of allylic oxidation sites excluding steroid dienone is 6. The molecule has 0 amide bonds. The lowest BCUT2D eigenvalue weighted by molar-refractivity contribution is -0.112. The molecule has 0 saturated heterocycles. The Labute approximate surface area is 200 Å². The first-order valence-electron chi connectivity index (χ1n) is 12.4. The van der Waals surface area contributed by atoms with Gasteiger partial charge in [0.25, 0.3) is 0 Å². The van der Waals surface area contributed by atoms with Crippen LogP contribution in [0.1, 0.15) is 58.1 Å². The highest BCUT2D eigenvalue weighted by atomic mass is 28.4. The van der Waals surface area contributed by atoms with Crippen LogP contribution in [0, 0.1) is 11.7 Å². The first kappa shape index (κ1) is 25.8. The molecule has 2 aliphatic rings. The maximum Gasteiger partial charge on any atom is 0.183 e. The fourth-order valence-electron chi connectivity index (χ4n) is 5.29. The number of benzene rings is 1. The van der Waals surface area contributed by atoms with Gasteiger partial charge in [-0.15, -0.1) is 0 Å². The Morgan fingerprint density at radius 2 is 1.94 bits per heavy atom. The normalized spacial score (nSPS) is 18.8. The second-order valence-electron chi connectivity index (χ2n) is 10.5. The Bertz CT molecular complexity index is 1000. The minimum atomic E-state index is -2.00. The zero-order valence-electron chi connectivity index (χ0n) is 21.2. The van der Waals surface area contributed by atoms with Crippen LogP contribution in [-0.4, -0.2) is 43.4 Å². The molecule has 3 nitrogen and oxygen atoms in total. The van der Waals surface area contributed by atoms with E-state index in [1.54, 1.807) is 6.07 Å². The van der Waals surface area contributed by atoms with Gasteiger partial charge in [-0.3, -0.25) is 4.79 Å². The Balaban J connectivity index is 1.67. The summed E-state index contributed by atoms with van der Waals surface area (Å²) >= 11 is 0. The molecule has 0 aliphatic heterocycles. The van der Waals surface area contributed by atoms with E-state index in [1.807, 2.05) is 19.2 Å². The largest absolute Gasteiger partial charge is 0.432 e.